The number of Topliss-reactive ketones (excluding diaryl/α,β-unsaturated/α-hetero) is 1. The molecule has 6 heteroatoms. The Hall–Kier alpha value is -1.59. The Morgan fingerprint density at radius 2 is 2.21 bits per heavy atom. The molecule has 0 N–H and O–H groups in total. The number of hydrogen-bond acceptors (Lipinski definition) is 3. The van der Waals surface area contributed by atoms with Gasteiger partial charge in [0.2, 0.25) is 0 Å². The van der Waals surface area contributed by atoms with Crippen molar-refractivity contribution in [3.05, 3.63) is 23.9 Å². The Kier molecular flexibility index (Phi) is 3.78. The first kappa shape index (κ1) is 13.8. The van der Waals surface area contributed by atoms with E-state index in [2.05, 4.69) is 4.98 Å². The van der Waals surface area contributed by atoms with E-state index in [0.29, 0.717) is 24.3 Å². The van der Waals surface area contributed by atoms with Crippen molar-refractivity contribution in [3.63, 3.8) is 0 Å². The van der Waals surface area contributed by atoms with E-state index in [1.165, 1.54) is 13.1 Å². The van der Waals surface area contributed by atoms with Crippen molar-refractivity contribution >= 4 is 11.6 Å². The summed E-state index contributed by atoms with van der Waals surface area (Å²) in [6.45, 7) is 1.88. The SMILES string of the molecule is CC(=O)c1ccnc(N2CCCC(C(F)(F)F)C2)c1. The van der Waals surface area contributed by atoms with E-state index < -0.39 is 12.1 Å². The normalized spacial score (nSPS) is 20.4. The number of anilines is 1. The van der Waals surface area contributed by atoms with Crippen molar-refractivity contribution in [2.75, 3.05) is 18.0 Å². The number of halogens is 3. The maximum Gasteiger partial charge on any atom is 0.393 e. The summed E-state index contributed by atoms with van der Waals surface area (Å²) in [5.74, 6) is -0.987. The average molecular weight is 272 g/mol. The lowest BCUT2D eigenvalue weighted by Crippen LogP contribution is -2.42. The molecule has 3 nitrogen and oxygen atoms in total. The van der Waals surface area contributed by atoms with Gasteiger partial charge in [-0.25, -0.2) is 4.98 Å². The van der Waals surface area contributed by atoms with Crippen LogP contribution in [-0.2, 0) is 0 Å². The van der Waals surface area contributed by atoms with Gasteiger partial charge in [0.05, 0.1) is 5.92 Å². The zero-order valence-electron chi connectivity index (χ0n) is 10.6. The summed E-state index contributed by atoms with van der Waals surface area (Å²) in [4.78, 5) is 17.0. The third-order valence-electron chi connectivity index (χ3n) is 3.36. The number of aromatic nitrogens is 1. The molecule has 1 aliphatic heterocycles. The van der Waals surface area contributed by atoms with Gasteiger partial charge in [-0.2, -0.15) is 13.2 Å². The quantitative estimate of drug-likeness (QED) is 0.776. The molecule has 1 fully saturated rings. The van der Waals surface area contributed by atoms with Gasteiger partial charge in [0, 0.05) is 24.8 Å². The average Bonchev–Trinajstić information content (AvgIpc) is 2.38. The van der Waals surface area contributed by atoms with Crippen LogP contribution in [-0.4, -0.2) is 30.0 Å². The lowest BCUT2D eigenvalue weighted by Gasteiger charge is -2.34. The van der Waals surface area contributed by atoms with Crippen molar-refractivity contribution < 1.29 is 18.0 Å². The Morgan fingerprint density at radius 3 is 2.84 bits per heavy atom. The molecule has 1 atom stereocenters. The molecule has 0 spiro atoms. The van der Waals surface area contributed by atoms with Gasteiger partial charge < -0.3 is 4.90 Å². The lowest BCUT2D eigenvalue weighted by atomic mass is 9.97. The lowest BCUT2D eigenvalue weighted by molar-refractivity contribution is -0.176. The van der Waals surface area contributed by atoms with Gasteiger partial charge in [-0.05, 0) is 31.9 Å². The van der Waals surface area contributed by atoms with Gasteiger partial charge >= 0.3 is 6.18 Å². The molecule has 0 aromatic carbocycles. The van der Waals surface area contributed by atoms with Gasteiger partial charge in [-0.15, -0.1) is 0 Å². The van der Waals surface area contributed by atoms with E-state index >= 15 is 0 Å². The van der Waals surface area contributed by atoms with Crippen LogP contribution in [0.2, 0.25) is 0 Å². The molecule has 19 heavy (non-hydrogen) atoms. The van der Waals surface area contributed by atoms with Crippen LogP contribution in [0.15, 0.2) is 18.3 Å². The number of piperidine rings is 1. The highest BCUT2D eigenvalue weighted by Gasteiger charge is 2.42. The van der Waals surface area contributed by atoms with E-state index in [1.807, 2.05) is 0 Å². The first-order valence-corrected chi connectivity index (χ1v) is 6.16. The highest BCUT2D eigenvalue weighted by Crippen LogP contribution is 2.34. The van der Waals surface area contributed by atoms with Crippen molar-refractivity contribution in [2.24, 2.45) is 5.92 Å². The van der Waals surface area contributed by atoms with Crippen LogP contribution in [0.4, 0.5) is 19.0 Å². The second-order valence-corrected chi connectivity index (χ2v) is 4.79. The Balaban J connectivity index is 2.17. The molecule has 0 radical (unpaired) electrons. The summed E-state index contributed by atoms with van der Waals surface area (Å²) in [7, 11) is 0. The smallest absolute Gasteiger partial charge is 0.356 e. The van der Waals surface area contributed by atoms with Crippen LogP contribution in [0.25, 0.3) is 0 Å². The number of carbonyl (C=O) groups excluding carboxylic acids is 1. The molecule has 2 rings (SSSR count). The molecule has 1 unspecified atom stereocenters. The van der Waals surface area contributed by atoms with Crippen molar-refractivity contribution in [1.82, 2.24) is 4.98 Å². The fraction of sp³-hybridized carbons (Fsp3) is 0.538. The van der Waals surface area contributed by atoms with E-state index in [-0.39, 0.29) is 18.7 Å². The van der Waals surface area contributed by atoms with Crippen molar-refractivity contribution in [3.8, 4) is 0 Å². The van der Waals surface area contributed by atoms with Gasteiger partial charge in [0.1, 0.15) is 5.82 Å². The van der Waals surface area contributed by atoms with Crippen LogP contribution in [0.3, 0.4) is 0 Å². The number of alkyl halides is 3. The molecule has 1 aromatic rings. The standard InChI is InChI=1S/C13H15F3N2O/c1-9(19)10-4-5-17-12(7-10)18-6-2-3-11(8-18)13(14,15)16/h4-5,7,11H,2-3,6,8H2,1H3. The second-order valence-electron chi connectivity index (χ2n) is 4.79. The molecule has 0 amide bonds. The molecular weight excluding hydrogens is 257 g/mol. The van der Waals surface area contributed by atoms with Gasteiger partial charge in [0.25, 0.3) is 0 Å². The van der Waals surface area contributed by atoms with Crippen molar-refractivity contribution in [2.45, 2.75) is 25.9 Å². The Bertz CT molecular complexity index is 473. The molecule has 0 aliphatic carbocycles. The molecule has 1 aromatic heterocycles. The van der Waals surface area contributed by atoms with Gasteiger partial charge in [-0.3, -0.25) is 4.79 Å². The molecule has 2 heterocycles. The monoisotopic (exact) mass is 272 g/mol. The number of nitrogens with zero attached hydrogens (tertiary/aromatic N) is 2. The second kappa shape index (κ2) is 5.19. The molecule has 104 valence electrons. The predicted octanol–water partition coefficient (Wildman–Crippen LogP) is 3.06. The Labute approximate surface area is 109 Å². The summed E-state index contributed by atoms with van der Waals surface area (Å²) < 4.78 is 38.2. The largest absolute Gasteiger partial charge is 0.393 e. The van der Waals surface area contributed by atoms with Crippen LogP contribution < -0.4 is 4.90 Å². The fourth-order valence-electron chi connectivity index (χ4n) is 2.26. The summed E-state index contributed by atoms with van der Waals surface area (Å²) in [5, 5.41) is 0. The zero-order valence-corrected chi connectivity index (χ0v) is 10.6. The molecule has 1 aliphatic rings. The number of hydrogen-bond donors (Lipinski definition) is 0. The first-order chi connectivity index (χ1) is 8.88. The molecule has 0 bridgehead atoms. The van der Waals surface area contributed by atoms with E-state index in [4.69, 9.17) is 0 Å². The van der Waals surface area contributed by atoms with E-state index in [9.17, 15) is 18.0 Å². The molecule has 1 saturated heterocycles. The van der Waals surface area contributed by atoms with Crippen LogP contribution >= 0.6 is 0 Å². The predicted molar refractivity (Wildman–Crippen MR) is 65.2 cm³/mol. The van der Waals surface area contributed by atoms with E-state index in [0.717, 1.165) is 0 Å². The Morgan fingerprint density at radius 1 is 1.47 bits per heavy atom. The molecule has 0 saturated carbocycles. The zero-order chi connectivity index (χ0) is 14.0. The summed E-state index contributed by atoms with van der Waals surface area (Å²) >= 11 is 0. The molecular formula is C13H15F3N2O. The summed E-state index contributed by atoms with van der Waals surface area (Å²) in [5.41, 5.74) is 0.471. The van der Waals surface area contributed by atoms with Crippen LogP contribution in [0, 0.1) is 5.92 Å². The number of ketones is 1. The van der Waals surface area contributed by atoms with Gasteiger partial charge in [0.15, 0.2) is 5.78 Å². The number of rotatable bonds is 2. The number of pyridine rings is 1. The summed E-state index contributed by atoms with van der Waals surface area (Å²) in [6, 6.07) is 3.12. The van der Waals surface area contributed by atoms with Crippen LogP contribution in [0.1, 0.15) is 30.1 Å². The highest BCUT2D eigenvalue weighted by molar-refractivity contribution is 5.94. The topological polar surface area (TPSA) is 33.2 Å². The third-order valence-corrected chi connectivity index (χ3v) is 3.36. The number of carbonyl (C=O) groups is 1. The third kappa shape index (κ3) is 3.24. The fourth-order valence-corrected chi connectivity index (χ4v) is 2.26. The maximum atomic E-state index is 12.7. The first-order valence-electron chi connectivity index (χ1n) is 6.16. The van der Waals surface area contributed by atoms with Crippen molar-refractivity contribution in [1.29, 1.82) is 0 Å². The van der Waals surface area contributed by atoms with E-state index in [1.54, 1.807) is 17.0 Å². The minimum atomic E-state index is -4.17. The minimum absolute atomic E-state index is 0.0855. The summed E-state index contributed by atoms with van der Waals surface area (Å²) in [6.07, 6.45) is -2.07. The highest BCUT2D eigenvalue weighted by atomic mass is 19.4. The van der Waals surface area contributed by atoms with Crippen LogP contribution in [0.5, 0.6) is 0 Å². The van der Waals surface area contributed by atoms with Gasteiger partial charge in [-0.1, -0.05) is 0 Å². The maximum absolute atomic E-state index is 12.7. The minimum Gasteiger partial charge on any atom is -0.356 e.